The first kappa shape index (κ1) is 19.5. The first-order valence-corrected chi connectivity index (χ1v) is 8.64. The van der Waals surface area contributed by atoms with E-state index < -0.39 is 29.5 Å². The van der Waals surface area contributed by atoms with E-state index in [0.717, 1.165) is 12.1 Å². The van der Waals surface area contributed by atoms with Gasteiger partial charge in [0.2, 0.25) is 11.8 Å². The Bertz CT molecular complexity index is 902. The highest BCUT2D eigenvalue weighted by Gasteiger charge is 2.37. The second-order valence-electron chi connectivity index (χ2n) is 6.07. The number of nitrogens with one attached hydrogen (secondary N) is 1. The number of hydrogen-bond donors (Lipinski definition) is 1. The number of hydrogen-bond acceptors (Lipinski definition) is 2. The highest BCUT2D eigenvalue weighted by atomic mass is 35.5. The molecule has 0 bridgehead atoms. The van der Waals surface area contributed by atoms with Crippen molar-refractivity contribution in [3.05, 3.63) is 58.1 Å². The lowest BCUT2D eigenvalue weighted by Gasteiger charge is -2.18. The van der Waals surface area contributed by atoms with E-state index in [1.165, 1.54) is 29.2 Å². The maximum atomic E-state index is 12.9. The number of benzene rings is 2. The Morgan fingerprint density at radius 3 is 2.56 bits per heavy atom. The summed E-state index contributed by atoms with van der Waals surface area (Å²) in [4.78, 5) is 25.9. The lowest BCUT2D eigenvalue weighted by Crippen LogP contribution is -2.28. The molecule has 0 unspecified atom stereocenters. The van der Waals surface area contributed by atoms with Crippen molar-refractivity contribution in [2.75, 3.05) is 16.8 Å². The van der Waals surface area contributed by atoms with Gasteiger partial charge >= 0.3 is 6.18 Å². The second kappa shape index (κ2) is 7.40. The average Bonchev–Trinajstić information content (AvgIpc) is 2.99. The quantitative estimate of drug-likeness (QED) is 0.764. The summed E-state index contributed by atoms with van der Waals surface area (Å²) in [6.45, 7) is -0.0167. The van der Waals surface area contributed by atoms with E-state index in [4.69, 9.17) is 23.2 Å². The standard InChI is InChI=1S/C18H13Cl2F3N2O2/c19-12-4-5-15(14(20)8-12)24-17(27)10-6-16(26)25(9-10)13-3-1-2-11(7-13)18(21,22)23/h1-5,7-8,10H,6,9H2,(H,24,27)/t10-/m1/s1. The van der Waals surface area contributed by atoms with Gasteiger partial charge in [-0.15, -0.1) is 0 Å². The molecule has 0 radical (unpaired) electrons. The summed E-state index contributed by atoms with van der Waals surface area (Å²) in [5.74, 6) is -1.57. The van der Waals surface area contributed by atoms with Crippen LogP contribution in [0.3, 0.4) is 0 Å². The van der Waals surface area contributed by atoms with Crippen molar-refractivity contribution in [1.82, 2.24) is 0 Å². The van der Waals surface area contributed by atoms with Crippen molar-refractivity contribution in [1.29, 1.82) is 0 Å². The highest BCUT2D eigenvalue weighted by Crippen LogP contribution is 2.34. The maximum Gasteiger partial charge on any atom is 0.416 e. The summed E-state index contributed by atoms with van der Waals surface area (Å²) in [5, 5.41) is 3.27. The van der Waals surface area contributed by atoms with E-state index in [1.54, 1.807) is 6.07 Å². The van der Waals surface area contributed by atoms with Crippen LogP contribution in [0.1, 0.15) is 12.0 Å². The van der Waals surface area contributed by atoms with E-state index in [-0.39, 0.29) is 23.7 Å². The van der Waals surface area contributed by atoms with E-state index in [1.807, 2.05) is 0 Å². The van der Waals surface area contributed by atoms with Crippen LogP contribution < -0.4 is 10.2 Å². The monoisotopic (exact) mass is 416 g/mol. The molecule has 2 aromatic carbocycles. The van der Waals surface area contributed by atoms with Crippen LogP contribution in [0.15, 0.2) is 42.5 Å². The number of nitrogens with zero attached hydrogens (tertiary/aromatic N) is 1. The van der Waals surface area contributed by atoms with Crippen LogP contribution in [-0.2, 0) is 15.8 Å². The molecule has 1 fully saturated rings. The number of rotatable bonds is 3. The van der Waals surface area contributed by atoms with Gasteiger partial charge in [-0.1, -0.05) is 29.3 Å². The predicted octanol–water partition coefficient (Wildman–Crippen LogP) is 5.00. The molecular formula is C18H13Cl2F3N2O2. The summed E-state index contributed by atoms with van der Waals surface area (Å²) < 4.78 is 38.6. The van der Waals surface area contributed by atoms with Crippen molar-refractivity contribution in [3.63, 3.8) is 0 Å². The highest BCUT2D eigenvalue weighted by molar-refractivity contribution is 6.36. The van der Waals surface area contributed by atoms with Gasteiger partial charge in [-0.25, -0.2) is 0 Å². The van der Waals surface area contributed by atoms with Crippen LogP contribution in [0.5, 0.6) is 0 Å². The van der Waals surface area contributed by atoms with E-state index in [2.05, 4.69) is 5.32 Å². The Hall–Kier alpha value is -2.25. The normalized spacial score (nSPS) is 17.3. The zero-order valence-electron chi connectivity index (χ0n) is 13.7. The van der Waals surface area contributed by atoms with Gasteiger partial charge in [0.1, 0.15) is 0 Å². The zero-order valence-corrected chi connectivity index (χ0v) is 15.2. The number of amides is 2. The molecule has 1 heterocycles. The molecule has 4 nitrogen and oxygen atoms in total. The smallest absolute Gasteiger partial charge is 0.324 e. The minimum Gasteiger partial charge on any atom is -0.324 e. The summed E-state index contributed by atoms with van der Waals surface area (Å²) >= 11 is 11.8. The Labute approximate surface area is 162 Å². The lowest BCUT2D eigenvalue weighted by atomic mass is 10.1. The third-order valence-corrected chi connectivity index (χ3v) is 4.72. The minimum absolute atomic E-state index is 0.0167. The van der Waals surface area contributed by atoms with E-state index in [9.17, 15) is 22.8 Å². The number of anilines is 2. The molecule has 3 rings (SSSR count). The number of alkyl halides is 3. The molecule has 0 spiro atoms. The van der Waals surface area contributed by atoms with Gasteiger partial charge in [0, 0.05) is 23.7 Å². The van der Waals surface area contributed by atoms with Crippen molar-refractivity contribution in [2.45, 2.75) is 12.6 Å². The Morgan fingerprint density at radius 1 is 1.15 bits per heavy atom. The van der Waals surface area contributed by atoms with Crippen LogP contribution in [0.25, 0.3) is 0 Å². The Balaban J connectivity index is 1.74. The molecule has 142 valence electrons. The summed E-state index contributed by atoms with van der Waals surface area (Å²) in [5.41, 5.74) is -0.403. The van der Waals surface area contributed by atoms with Crippen LogP contribution >= 0.6 is 23.2 Å². The van der Waals surface area contributed by atoms with Crippen LogP contribution in [0.2, 0.25) is 10.0 Å². The molecular weight excluding hydrogens is 404 g/mol. The predicted molar refractivity (Wildman–Crippen MR) is 97.0 cm³/mol. The van der Waals surface area contributed by atoms with Crippen molar-refractivity contribution in [3.8, 4) is 0 Å². The molecule has 2 aromatic rings. The minimum atomic E-state index is -4.51. The van der Waals surface area contributed by atoms with Crippen LogP contribution in [0.4, 0.5) is 24.5 Å². The van der Waals surface area contributed by atoms with Crippen LogP contribution in [0, 0.1) is 5.92 Å². The topological polar surface area (TPSA) is 49.4 Å². The molecule has 0 saturated carbocycles. The third-order valence-electron chi connectivity index (χ3n) is 4.17. The third kappa shape index (κ3) is 4.36. The number of carbonyl (C=O) groups excluding carboxylic acids is 2. The summed E-state index contributed by atoms with van der Waals surface area (Å²) in [7, 11) is 0. The van der Waals surface area contributed by atoms with Gasteiger partial charge < -0.3 is 10.2 Å². The fourth-order valence-electron chi connectivity index (χ4n) is 2.81. The second-order valence-corrected chi connectivity index (χ2v) is 6.91. The van der Waals surface area contributed by atoms with Gasteiger partial charge in [0.25, 0.3) is 0 Å². The molecule has 1 aliphatic heterocycles. The molecule has 1 saturated heterocycles. The summed E-state index contributed by atoms with van der Waals surface area (Å²) in [6.07, 6.45) is -4.62. The van der Waals surface area contributed by atoms with E-state index >= 15 is 0 Å². The fraction of sp³-hybridized carbons (Fsp3) is 0.222. The van der Waals surface area contributed by atoms with Gasteiger partial charge in [-0.05, 0) is 36.4 Å². The summed E-state index contributed by atoms with van der Waals surface area (Å²) in [6, 6.07) is 9.01. The molecule has 0 aromatic heterocycles. The number of halogens is 5. The average molecular weight is 417 g/mol. The number of carbonyl (C=O) groups is 2. The molecule has 2 amide bonds. The van der Waals surface area contributed by atoms with Gasteiger partial charge in [0.15, 0.2) is 0 Å². The maximum absolute atomic E-state index is 12.9. The lowest BCUT2D eigenvalue weighted by molar-refractivity contribution is -0.137. The first-order valence-electron chi connectivity index (χ1n) is 7.88. The van der Waals surface area contributed by atoms with Gasteiger partial charge in [0.05, 0.1) is 22.2 Å². The fourth-order valence-corrected chi connectivity index (χ4v) is 3.26. The van der Waals surface area contributed by atoms with Crippen molar-refractivity contribution < 1.29 is 22.8 Å². The van der Waals surface area contributed by atoms with Crippen molar-refractivity contribution in [2.24, 2.45) is 5.92 Å². The molecule has 27 heavy (non-hydrogen) atoms. The molecule has 1 atom stereocenters. The molecule has 9 heteroatoms. The van der Waals surface area contributed by atoms with Gasteiger partial charge in [-0.3, -0.25) is 9.59 Å². The van der Waals surface area contributed by atoms with Crippen LogP contribution in [-0.4, -0.2) is 18.4 Å². The molecule has 1 N–H and O–H groups in total. The Kier molecular flexibility index (Phi) is 5.35. The molecule has 1 aliphatic rings. The zero-order chi connectivity index (χ0) is 19.8. The van der Waals surface area contributed by atoms with Crippen molar-refractivity contribution >= 4 is 46.4 Å². The van der Waals surface area contributed by atoms with Gasteiger partial charge in [-0.2, -0.15) is 13.2 Å². The SMILES string of the molecule is O=C(Nc1ccc(Cl)cc1Cl)[C@@H]1CC(=O)N(c2cccc(C(F)(F)F)c2)C1. The Morgan fingerprint density at radius 2 is 1.89 bits per heavy atom. The largest absolute Gasteiger partial charge is 0.416 e. The van der Waals surface area contributed by atoms with E-state index in [0.29, 0.717) is 10.7 Å². The first-order chi connectivity index (χ1) is 12.6. The molecule has 0 aliphatic carbocycles.